The second-order valence-electron chi connectivity index (χ2n) is 5.10. The van der Waals surface area contributed by atoms with Gasteiger partial charge in [0.2, 0.25) is 10.0 Å². The van der Waals surface area contributed by atoms with Gasteiger partial charge in [-0.1, -0.05) is 6.92 Å². The number of aliphatic hydroxyl groups is 1. The van der Waals surface area contributed by atoms with E-state index in [1.165, 1.54) is 31.4 Å². The smallest absolute Gasteiger partial charge is 0.243 e. The van der Waals surface area contributed by atoms with Crippen LogP contribution < -0.4 is 4.74 Å². The van der Waals surface area contributed by atoms with Crippen molar-refractivity contribution in [3.8, 4) is 5.75 Å². The third-order valence-corrected chi connectivity index (χ3v) is 7.35. The fraction of sp³-hybridized carbons (Fsp3) is 0.538. The van der Waals surface area contributed by atoms with Crippen molar-refractivity contribution in [1.29, 1.82) is 0 Å². The number of aliphatic hydroxyl groups excluding tert-OH is 1. The largest absolute Gasteiger partial charge is 0.497 e. The lowest BCUT2D eigenvalue weighted by molar-refractivity contribution is 0.130. The fourth-order valence-corrected chi connectivity index (χ4v) is 6.11. The molecule has 1 aliphatic heterocycles. The van der Waals surface area contributed by atoms with E-state index in [4.69, 9.17) is 4.74 Å². The summed E-state index contributed by atoms with van der Waals surface area (Å²) < 4.78 is 54.6. The van der Waals surface area contributed by atoms with E-state index < -0.39 is 37.8 Å². The Morgan fingerprint density at radius 1 is 1.27 bits per heavy atom. The predicted molar refractivity (Wildman–Crippen MR) is 81.0 cm³/mol. The Kier molecular flexibility index (Phi) is 4.81. The molecule has 2 rings (SSSR count). The molecular weight excluding hydrogens is 330 g/mol. The van der Waals surface area contributed by atoms with Gasteiger partial charge in [0.25, 0.3) is 0 Å². The molecule has 1 fully saturated rings. The lowest BCUT2D eigenvalue weighted by Crippen LogP contribution is -2.46. The first-order valence-electron chi connectivity index (χ1n) is 6.75. The lowest BCUT2D eigenvalue weighted by Gasteiger charge is -2.28. The molecule has 0 amide bonds. The number of rotatable bonds is 5. The van der Waals surface area contributed by atoms with Crippen LogP contribution in [0.5, 0.6) is 5.75 Å². The molecule has 9 heteroatoms. The van der Waals surface area contributed by atoms with E-state index in [9.17, 15) is 21.9 Å². The summed E-state index contributed by atoms with van der Waals surface area (Å²) in [6.45, 7) is 1.68. The average molecular weight is 349 g/mol. The van der Waals surface area contributed by atoms with E-state index in [0.717, 1.165) is 4.31 Å². The molecule has 0 saturated carbocycles. The third kappa shape index (κ3) is 3.27. The van der Waals surface area contributed by atoms with Gasteiger partial charge in [0.05, 0.1) is 35.7 Å². The summed E-state index contributed by atoms with van der Waals surface area (Å²) in [6.07, 6.45) is -1.21. The maximum absolute atomic E-state index is 12.7. The van der Waals surface area contributed by atoms with Crippen molar-refractivity contribution in [2.45, 2.75) is 24.0 Å². The molecular formula is C13H19NO6S2. The monoisotopic (exact) mass is 349 g/mol. The van der Waals surface area contributed by atoms with Gasteiger partial charge in [-0.2, -0.15) is 4.31 Å². The maximum Gasteiger partial charge on any atom is 0.243 e. The Balaban J connectivity index is 2.36. The highest BCUT2D eigenvalue weighted by atomic mass is 32.2. The van der Waals surface area contributed by atoms with Crippen LogP contribution in [0.3, 0.4) is 0 Å². The minimum Gasteiger partial charge on any atom is -0.497 e. The van der Waals surface area contributed by atoms with Gasteiger partial charge in [-0.3, -0.25) is 0 Å². The second kappa shape index (κ2) is 6.15. The van der Waals surface area contributed by atoms with Crippen LogP contribution in [0.25, 0.3) is 0 Å². The van der Waals surface area contributed by atoms with Gasteiger partial charge in [0.15, 0.2) is 9.84 Å². The van der Waals surface area contributed by atoms with Gasteiger partial charge in [0, 0.05) is 6.54 Å². The maximum atomic E-state index is 12.7. The zero-order chi connectivity index (χ0) is 16.5. The van der Waals surface area contributed by atoms with Crippen LogP contribution >= 0.6 is 0 Å². The number of sulfone groups is 1. The Morgan fingerprint density at radius 3 is 2.27 bits per heavy atom. The molecule has 1 heterocycles. The van der Waals surface area contributed by atoms with Crippen LogP contribution in [-0.2, 0) is 19.9 Å². The molecule has 1 aromatic carbocycles. The molecule has 0 aromatic heterocycles. The Hall–Kier alpha value is -1.16. The van der Waals surface area contributed by atoms with Gasteiger partial charge in [-0.05, 0) is 24.3 Å². The van der Waals surface area contributed by atoms with Gasteiger partial charge in [0.1, 0.15) is 5.75 Å². The summed E-state index contributed by atoms with van der Waals surface area (Å²) >= 11 is 0. The number of hydrogen-bond acceptors (Lipinski definition) is 6. The zero-order valence-corrected chi connectivity index (χ0v) is 14.0. The highest BCUT2D eigenvalue weighted by molar-refractivity contribution is 7.92. The van der Waals surface area contributed by atoms with E-state index in [2.05, 4.69) is 0 Å². The first kappa shape index (κ1) is 17.2. The first-order valence-corrected chi connectivity index (χ1v) is 10.0. The van der Waals surface area contributed by atoms with E-state index in [0.29, 0.717) is 5.75 Å². The molecule has 1 aliphatic rings. The number of methoxy groups -OCH3 is 1. The highest BCUT2D eigenvalue weighted by Crippen LogP contribution is 2.26. The Labute approximate surface area is 130 Å². The van der Waals surface area contributed by atoms with Gasteiger partial charge < -0.3 is 9.84 Å². The minimum absolute atomic E-state index is 0.0339. The summed E-state index contributed by atoms with van der Waals surface area (Å²) in [5.41, 5.74) is 0. The minimum atomic E-state index is -3.89. The predicted octanol–water partition coefficient (Wildman–Crippen LogP) is -0.136. The number of likely N-dealkylation sites (N-methyl/N-ethyl adjacent to an activating group) is 1. The van der Waals surface area contributed by atoms with Gasteiger partial charge in [-0.25, -0.2) is 16.8 Å². The van der Waals surface area contributed by atoms with Crippen LogP contribution in [0, 0.1) is 0 Å². The third-order valence-electron chi connectivity index (χ3n) is 3.64. The summed E-state index contributed by atoms with van der Waals surface area (Å²) in [5.74, 6) is -0.255. The summed E-state index contributed by atoms with van der Waals surface area (Å²) in [6, 6.07) is 4.87. The average Bonchev–Trinajstić information content (AvgIpc) is 2.72. The first-order chi connectivity index (χ1) is 10.2. The molecule has 22 heavy (non-hydrogen) atoms. The Bertz CT molecular complexity index is 726. The van der Waals surface area contributed by atoms with Crippen molar-refractivity contribution in [3.05, 3.63) is 24.3 Å². The molecule has 0 radical (unpaired) electrons. The molecule has 7 nitrogen and oxygen atoms in total. The van der Waals surface area contributed by atoms with E-state index in [-0.39, 0.29) is 17.2 Å². The summed E-state index contributed by atoms with van der Waals surface area (Å²) in [4.78, 5) is 0.0339. The standard InChI is InChI=1S/C13H19NO6S2/c1-3-14(12-8-21(16,17)9-13(12)15)22(18,19)11-6-4-10(20-2)5-7-11/h4-7,12-13,15H,3,8-9H2,1-2H3/t12-,13-/m1/s1. The topological polar surface area (TPSA) is 101 Å². The normalized spacial score (nSPS) is 24.5. The van der Waals surface area contributed by atoms with Crippen molar-refractivity contribution in [2.24, 2.45) is 0 Å². The molecule has 0 aliphatic carbocycles. The van der Waals surface area contributed by atoms with Crippen LogP contribution in [0.4, 0.5) is 0 Å². The van der Waals surface area contributed by atoms with E-state index in [1.54, 1.807) is 6.92 Å². The Morgan fingerprint density at radius 2 is 1.86 bits per heavy atom. The summed E-state index contributed by atoms with van der Waals surface area (Å²) in [7, 11) is -5.84. The number of sulfonamides is 1. The van der Waals surface area contributed by atoms with Crippen LogP contribution in [0.1, 0.15) is 6.92 Å². The number of nitrogens with zero attached hydrogens (tertiary/aromatic N) is 1. The molecule has 0 bridgehead atoms. The van der Waals surface area contributed by atoms with E-state index in [1.807, 2.05) is 0 Å². The second-order valence-corrected chi connectivity index (χ2v) is 9.14. The van der Waals surface area contributed by atoms with Gasteiger partial charge >= 0.3 is 0 Å². The number of ether oxygens (including phenoxy) is 1. The van der Waals surface area contributed by atoms with Crippen molar-refractivity contribution in [2.75, 3.05) is 25.2 Å². The molecule has 1 aromatic rings. The molecule has 1 saturated heterocycles. The molecule has 0 spiro atoms. The summed E-state index contributed by atoms with van der Waals surface area (Å²) in [5, 5.41) is 9.91. The van der Waals surface area contributed by atoms with Gasteiger partial charge in [-0.15, -0.1) is 0 Å². The van der Waals surface area contributed by atoms with Crippen molar-refractivity contribution in [1.82, 2.24) is 4.31 Å². The number of benzene rings is 1. The quantitative estimate of drug-likeness (QED) is 0.794. The SMILES string of the molecule is CCN([C@@H]1CS(=O)(=O)C[C@H]1O)S(=O)(=O)c1ccc(OC)cc1. The molecule has 124 valence electrons. The van der Waals surface area contributed by atoms with Crippen LogP contribution in [0.15, 0.2) is 29.2 Å². The number of hydrogen-bond donors (Lipinski definition) is 1. The highest BCUT2D eigenvalue weighted by Gasteiger charge is 2.44. The van der Waals surface area contributed by atoms with E-state index >= 15 is 0 Å². The molecule has 1 N–H and O–H groups in total. The zero-order valence-electron chi connectivity index (χ0n) is 12.3. The van der Waals surface area contributed by atoms with Crippen LogP contribution in [0.2, 0.25) is 0 Å². The van der Waals surface area contributed by atoms with Crippen molar-refractivity contribution < 1.29 is 26.7 Å². The fourth-order valence-electron chi connectivity index (χ4n) is 2.55. The molecule has 0 unspecified atom stereocenters. The molecule has 2 atom stereocenters. The van der Waals surface area contributed by atoms with Crippen LogP contribution in [-0.4, -0.2) is 63.6 Å². The van der Waals surface area contributed by atoms with Crippen molar-refractivity contribution in [3.63, 3.8) is 0 Å². The lowest BCUT2D eigenvalue weighted by atomic mass is 10.2. The van der Waals surface area contributed by atoms with Crippen molar-refractivity contribution >= 4 is 19.9 Å².